The van der Waals surface area contributed by atoms with Crippen LogP contribution in [0.3, 0.4) is 0 Å². The molecule has 0 aromatic heterocycles. The number of ether oxygens (including phenoxy) is 2. The Morgan fingerprint density at radius 1 is 1.07 bits per heavy atom. The van der Waals surface area contributed by atoms with Gasteiger partial charge in [0, 0.05) is 6.54 Å². The third-order valence-electron chi connectivity index (χ3n) is 3.90. The molecule has 0 saturated carbocycles. The smallest absolute Gasteiger partial charge is 0.344 e. The van der Waals surface area contributed by atoms with Crippen molar-refractivity contribution in [1.82, 2.24) is 10.6 Å². The van der Waals surface area contributed by atoms with E-state index in [-0.39, 0.29) is 0 Å². The number of hydrogen-bond donors (Lipinski definition) is 2. The van der Waals surface area contributed by atoms with E-state index in [1.807, 2.05) is 0 Å². The first-order chi connectivity index (χ1) is 13.0. The topological polar surface area (TPSA) is 93.7 Å². The summed E-state index contributed by atoms with van der Waals surface area (Å²) < 4.78 is 22.5. The molecule has 0 fully saturated rings. The van der Waals surface area contributed by atoms with Gasteiger partial charge in [-0.15, -0.1) is 0 Å². The number of carbonyl (C=O) groups excluding carboxylic acids is 3. The number of amides is 3. The Balaban J connectivity index is 1.56. The van der Waals surface area contributed by atoms with Crippen molar-refractivity contribution < 1.29 is 28.2 Å². The molecule has 1 aliphatic carbocycles. The molecule has 0 unspecified atom stereocenters. The first-order valence-corrected chi connectivity index (χ1v) is 8.82. The Labute approximate surface area is 156 Å². The van der Waals surface area contributed by atoms with Crippen LogP contribution >= 0.6 is 0 Å². The molecule has 3 amide bonds. The van der Waals surface area contributed by atoms with Crippen LogP contribution in [-0.2, 0) is 14.3 Å². The number of esters is 1. The number of rotatable bonds is 8. The van der Waals surface area contributed by atoms with Crippen molar-refractivity contribution in [3.05, 3.63) is 41.7 Å². The summed E-state index contributed by atoms with van der Waals surface area (Å²) in [7, 11) is 0. The summed E-state index contributed by atoms with van der Waals surface area (Å²) in [5.74, 6) is -1.64. The first kappa shape index (κ1) is 20.4. The van der Waals surface area contributed by atoms with Crippen LogP contribution in [0.5, 0.6) is 5.75 Å². The van der Waals surface area contributed by atoms with E-state index in [4.69, 9.17) is 9.47 Å². The SMILES string of the molecule is O=C(COC(=O)COc1ccc(F)cc1)NC(=O)NCCC1=CCCCC1. The van der Waals surface area contributed by atoms with E-state index in [1.165, 1.54) is 42.7 Å². The van der Waals surface area contributed by atoms with Gasteiger partial charge in [0.05, 0.1) is 0 Å². The molecule has 0 atom stereocenters. The van der Waals surface area contributed by atoms with Crippen LogP contribution in [0.4, 0.5) is 9.18 Å². The Morgan fingerprint density at radius 2 is 1.85 bits per heavy atom. The van der Waals surface area contributed by atoms with Crippen LogP contribution < -0.4 is 15.4 Å². The molecule has 0 saturated heterocycles. The van der Waals surface area contributed by atoms with Crippen molar-refractivity contribution in [1.29, 1.82) is 0 Å². The van der Waals surface area contributed by atoms with Gasteiger partial charge in [-0.2, -0.15) is 0 Å². The molecule has 1 aromatic carbocycles. The van der Waals surface area contributed by atoms with E-state index in [0.29, 0.717) is 12.3 Å². The monoisotopic (exact) mass is 378 g/mol. The zero-order valence-corrected chi connectivity index (χ0v) is 15.0. The molecule has 1 aromatic rings. The molecule has 2 N–H and O–H groups in total. The number of benzene rings is 1. The van der Waals surface area contributed by atoms with Gasteiger partial charge < -0.3 is 14.8 Å². The number of nitrogens with one attached hydrogen (secondary N) is 2. The van der Waals surface area contributed by atoms with Gasteiger partial charge >= 0.3 is 12.0 Å². The highest BCUT2D eigenvalue weighted by Crippen LogP contribution is 2.19. The fourth-order valence-corrected chi connectivity index (χ4v) is 2.54. The summed E-state index contributed by atoms with van der Waals surface area (Å²) in [6.45, 7) is -0.583. The molecule has 27 heavy (non-hydrogen) atoms. The maximum Gasteiger partial charge on any atom is 0.344 e. The summed E-state index contributed by atoms with van der Waals surface area (Å²) in [6.07, 6.45) is 7.47. The molecule has 146 valence electrons. The summed E-state index contributed by atoms with van der Waals surface area (Å²) in [6, 6.07) is 4.48. The van der Waals surface area contributed by atoms with Crippen LogP contribution in [-0.4, -0.2) is 37.7 Å². The largest absolute Gasteiger partial charge is 0.482 e. The van der Waals surface area contributed by atoms with Gasteiger partial charge in [-0.05, 0) is 56.4 Å². The van der Waals surface area contributed by atoms with Crippen molar-refractivity contribution in [2.45, 2.75) is 32.1 Å². The number of carbonyl (C=O) groups is 3. The lowest BCUT2D eigenvalue weighted by Crippen LogP contribution is -2.42. The van der Waals surface area contributed by atoms with Crippen LogP contribution in [0.1, 0.15) is 32.1 Å². The van der Waals surface area contributed by atoms with Crippen molar-refractivity contribution in [3.63, 3.8) is 0 Å². The van der Waals surface area contributed by atoms with Gasteiger partial charge in [0.25, 0.3) is 5.91 Å². The average molecular weight is 378 g/mol. The fraction of sp³-hybridized carbons (Fsp3) is 0.421. The quantitative estimate of drug-likeness (QED) is 0.535. The Hall–Kier alpha value is -2.90. The molecular formula is C19H23FN2O5. The van der Waals surface area contributed by atoms with Crippen molar-refractivity contribution in [2.75, 3.05) is 19.8 Å². The maximum absolute atomic E-state index is 12.7. The van der Waals surface area contributed by atoms with E-state index in [9.17, 15) is 18.8 Å². The summed E-state index contributed by atoms with van der Waals surface area (Å²) in [5.41, 5.74) is 1.32. The molecule has 7 nitrogen and oxygen atoms in total. The third kappa shape index (κ3) is 8.35. The number of allylic oxidation sites excluding steroid dienone is 1. The van der Waals surface area contributed by atoms with Gasteiger partial charge in [-0.25, -0.2) is 14.0 Å². The molecule has 1 aliphatic rings. The van der Waals surface area contributed by atoms with E-state index in [0.717, 1.165) is 19.3 Å². The van der Waals surface area contributed by atoms with Crippen LogP contribution in [0.15, 0.2) is 35.9 Å². The number of halogens is 1. The fourth-order valence-electron chi connectivity index (χ4n) is 2.54. The lowest BCUT2D eigenvalue weighted by molar-refractivity contribution is -0.150. The van der Waals surface area contributed by atoms with E-state index < -0.39 is 36.9 Å². The summed E-state index contributed by atoms with van der Waals surface area (Å²) in [5, 5.41) is 4.68. The minimum absolute atomic E-state index is 0.297. The molecule has 0 aliphatic heterocycles. The predicted molar refractivity (Wildman–Crippen MR) is 95.6 cm³/mol. The highest BCUT2D eigenvalue weighted by atomic mass is 19.1. The molecule has 0 radical (unpaired) electrons. The minimum atomic E-state index is -0.779. The minimum Gasteiger partial charge on any atom is -0.482 e. The molecular weight excluding hydrogens is 355 g/mol. The van der Waals surface area contributed by atoms with Gasteiger partial charge in [-0.1, -0.05) is 11.6 Å². The zero-order chi connectivity index (χ0) is 19.5. The highest BCUT2D eigenvalue weighted by molar-refractivity contribution is 5.95. The second-order valence-electron chi connectivity index (χ2n) is 6.07. The van der Waals surface area contributed by atoms with Crippen molar-refractivity contribution in [2.24, 2.45) is 0 Å². The Bertz CT molecular complexity index is 688. The second kappa shape index (κ2) is 10.9. The average Bonchev–Trinajstić information content (AvgIpc) is 2.67. The van der Waals surface area contributed by atoms with Crippen LogP contribution in [0, 0.1) is 5.82 Å². The lowest BCUT2D eigenvalue weighted by Gasteiger charge is -2.13. The zero-order valence-electron chi connectivity index (χ0n) is 15.0. The van der Waals surface area contributed by atoms with Gasteiger partial charge in [-0.3, -0.25) is 10.1 Å². The van der Waals surface area contributed by atoms with E-state index in [2.05, 4.69) is 16.7 Å². The number of urea groups is 1. The van der Waals surface area contributed by atoms with Crippen molar-refractivity contribution in [3.8, 4) is 5.75 Å². The summed E-state index contributed by atoms with van der Waals surface area (Å²) in [4.78, 5) is 34.7. The molecule has 0 spiro atoms. The first-order valence-electron chi connectivity index (χ1n) is 8.82. The third-order valence-corrected chi connectivity index (χ3v) is 3.90. The lowest BCUT2D eigenvalue weighted by atomic mass is 9.97. The molecule has 0 bridgehead atoms. The highest BCUT2D eigenvalue weighted by Gasteiger charge is 2.12. The summed E-state index contributed by atoms with van der Waals surface area (Å²) >= 11 is 0. The Morgan fingerprint density at radius 3 is 2.56 bits per heavy atom. The van der Waals surface area contributed by atoms with Gasteiger partial charge in [0.15, 0.2) is 13.2 Å². The number of hydrogen-bond acceptors (Lipinski definition) is 5. The van der Waals surface area contributed by atoms with E-state index >= 15 is 0 Å². The van der Waals surface area contributed by atoms with E-state index in [1.54, 1.807) is 0 Å². The molecule has 0 heterocycles. The molecule has 8 heteroatoms. The predicted octanol–water partition coefficient (Wildman–Crippen LogP) is 2.46. The van der Waals surface area contributed by atoms with Crippen LogP contribution in [0.25, 0.3) is 0 Å². The van der Waals surface area contributed by atoms with Crippen LogP contribution in [0.2, 0.25) is 0 Å². The normalized spacial score (nSPS) is 13.3. The van der Waals surface area contributed by atoms with Crippen molar-refractivity contribution >= 4 is 17.9 Å². The number of imide groups is 1. The maximum atomic E-state index is 12.7. The van der Waals surface area contributed by atoms with Gasteiger partial charge in [0.1, 0.15) is 11.6 Å². The standard InChI is InChI=1S/C19H23FN2O5/c20-15-6-8-16(9-7-15)26-13-18(24)27-12-17(23)22-19(25)21-11-10-14-4-2-1-3-5-14/h4,6-9H,1-3,5,10-13H2,(H2,21,22,23,25). The van der Waals surface area contributed by atoms with Gasteiger partial charge in [0.2, 0.25) is 0 Å². The molecule has 2 rings (SSSR count). The second-order valence-corrected chi connectivity index (χ2v) is 6.07. The Kier molecular flexibility index (Phi) is 8.28.